The van der Waals surface area contributed by atoms with Crippen LogP contribution in [0.2, 0.25) is 0 Å². The molecule has 0 aliphatic carbocycles. The van der Waals surface area contributed by atoms with Crippen LogP contribution >= 0.6 is 0 Å². The Labute approximate surface area is 231 Å². The van der Waals surface area contributed by atoms with Crippen LogP contribution in [0.25, 0.3) is 11.6 Å². The van der Waals surface area contributed by atoms with Crippen molar-refractivity contribution in [1.29, 1.82) is 0 Å². The summed E-state index contributed by atoms with van der Waals surface area (Å²) < 4.78 is 22.2. The zero-order valence-electron chi connectivity index (χ0n) is 23.8. The number of nitrogens with zero attached hydrogens (tertiary/aromatic N) is 1. The number of aromatic amines is 1. The van der Waals surface area contributed by atoms with Gasteiger partial charge in [-0.2, -0.15) is 0 Å². The largest absolute Gasteiger partial charge is 0.488 e. The number of H-pyrrole nitrogens is 1. The number of amides is 2. The molecule has 1 aliphatic rings. The van der Waals surface area contributed by atoms with Gasteiger partial charge in [0, 0.05) is 39.0 Å². The predicted molar refractivity (Wildman–Crippen MR) is 151 cm³/mol. The normalized spacial score (nSPS) is 14.2. The standard InChI is InChI=1S/C28H37N3O7.BH/c1-8-36-26(33)22-13-17(2)29-24(22)15-21-20-14-19(9-10-23(20)30-25(21)32)37-18(3)16-35-12-11-31(7)27(34)38-28(4,5)6;/h9-10,13-15,18,29H,8,11-12,16H2,1-7H3,(H,30,32);1H/b21-15-;/t18-;/m1./s1. The smallest absolute Gasteiger partial charge is 0.410 e. The van der Waals surface area contributed by atoms with Crippen LogP contribution in [0, 0.1) is 6.92 Å². The van der Waals surface area contributed by atoms with Crippen LogP contribution in [0.1, 0.15) is 61.9 Å². The van der Waals surface area contributed by atoms with E-state index in [0.29, 0.717) is 53.6 Å². The summed E-state index contributed by atoms with van der Waals surface area (Å²) in [6.45, 7) is 12.2. The lowest BCUT2D eigenvalue weighted by molar-refractivity contribution is -0.110. The van der Waals surface area contributed by atoms with Crippen LogP contribution < -0.4 is 10.1 Å². The molecular weight excluding hydrogens is 501 g/mol. The average Bonchev–Trinajstić information content (AvgIpc) is 3.34. The highest BCUT2D eigenvalue weighted by Crippen LogP contribution is 2.36. The van der Waals surface area contributed by atoms with E-state index >= 15 is 0 Å². The lowest BCUT2D eigenvalue weighted by Gasteiger charge is -2.24. The quantitative estimate of drug-likeness (QED) is 0.203. The zero-order valence-corrected chi connectivity index (χ0v) is 23.8. The molecule has 0 bridgehead atoms. The van der Waals surface area contributed by atoms with Crippen LogP contribution in [-0.2, 0) is 19.0 Å². The summed E-state index contributed by atoms with van der Waals surface area (Å²) in [4.78, 5) is 41.7. The molecule has 1 aromatic heterocycles. The van der Waals surface area contributed by atoms with Gasteiger partial charge < -0.3 is 34.1 Å². The molecule has 2 amide bonds. The SMILES string of the molecule is CCOC(=O)c1cc(C)[nH]c1/C=C1\C(=O)Nc2ccc(O[C@H](C)COCCN(C)C(=O)OC(C)(C)C)cc21.[BH]. The van der Waals surface area contributed by atoms with Crippen molar-refractivity contribution in [1.82, 2.24) is 9.88 Å². The van der Waals surface area contributed by atoms with Gasteiger partial charge in [0.05, 0.1) is 36.7 Å². The van der Waals surface area contributed by atoms with Crippen molar-refractivity contribution in [2.75, 3.05) is 38.7 Å². The first-order chi connectivity index (χ1) is 17.9. The number of rotatable bonds is 10. The molecular formula is C28H38BN3O7. The van der Waals surface area contributed by atoms with Crippen LogP contribution in [0.5, 0.6) is 5.75 Å². The molecule has 0 saturated heterocycles. The minimum absolute atomic E-state index is 0. The van der Waals surface area contributed by atoms with Crippen LogP contribution in [0.3, 0.4) is 0 Å². The maximum Gasteiger partial charge on any atom is 0.410 e. The first-order valence-corrected chi connectivity index (χ1v) is 12.6. The van der Waals surface area contributed by atoms with Crippen molar-refractivity contribution >= 4 is 43.7 Å². The van der Waals surface area contributed by atoms with E-state index in [-0.39, 0.29) is 27.0 Å². The van der Waals surface area contributed by atoms with Crippen molar-refractivity contribution in [3.8, 4) is 5.75 Å². The Morgan fingerprint density at radius 2 is 1.90 bits per heavy atom. The third-order valence-electron chi connectivity index (χ3n) is 5.51. The van der Waals surface area contributed by atoms with E-state index in [9.17, 15) is 14.4 Å². The predicted octanol–water partition coefficient (Wildman–Crippen LogP) is 3.99. The molecule has 2 N–H and O–H groups in total. The van der Waals surface area contributed by atoms with Crippen LogP contribution in [0.15, 0.2) is 24.3 Å². The second kappa shape index (κ2) is 13.4. The number of hydrogen-bond acceptors (Lipinski definition) is 7. The summed E-state index contributed by atoms with van der Waals surface area (Å²) >= 11 is 0. The van der Waals surface area contributed by atoms with E-state index in [0.717, 1.165) is 5.69 Å². The summed E-state index contributed by atoms with van der Waals surface area (Å²) in [5.74, 6) is -0.156. The first-order valence-electron chi connectivity index (χ1n) is 12.6. The van der Waals surface area contributed by atoms with Crippen molar-refractivity contribution in [3.05, 3.63) is 46.8 Å². The van der Waals surface area contributed by atoms with Gasteiger partial charge in [-0.05, 0) is 71.9 Å². The average molecular weight is 539 g/mol. The molecule has 1 aromatic carbocycles. The Morgan fingerprint density at radius 3 is 2.56 bits per heavy atom. The molecule has 3 rings (SSSR count). The van der Waals surface area contributed by atoms with Crippen molar-refractivity contribution in [2.45, 2.75) is 53.2 Å². The topological polar surface area (TPSA) is 119 Å². The van der Waals surface area contributed by atoms with Crippen molar-refractivity contribution < 1.29 is 33.3 Å². The third kappa shape index (κ3) is 8.64. The van der Waals surface area contributed by atoms with Gasteiger partial charge in [0.15, 0.2) is 0 Å². The highest BCUT2D eigenvalue weighted by Gasteiger charge is 2.26. The van der Waals surface area contributed by atoms with Crippen molar-refractivity contribution in [3.63, 3.8) is 0 Å². The third-order valence-corrected chi connectivity index (χ3v) is 5.51. The summed E-state index contributed by atoms with van der Waals surface area (Å²) in [7, 11) is 1.66. The Bertz CT molecular complexity index is 1220. The molecule has 0 spiro atoms. The molecule has 39 heavy (non-hydrogen) atoms. The van der Waals surface area contributed by atoms with E-state index in [4.69, 9.17) is 18.9 Å². The number of fused-ring (bicyclic) bond motifs is 1. The molecule has 0 saturated carbocycles. The lowest BCUT2D eigenvalue weighted by atomic mass is 10.0. The highest BCUT2D eigenvalue weighted by molar-refractivity contribution is 6.35. The van der Waals surface area contributed by atoms with Gasteiger partial charge >= 0.3 is 12.1 Å². The molecule has 1 atom stereocenters. The number of aryl methyl sites for hydroxylation is 1. The Kier molecular flexibility index (Phi) is 10.8. The van der Waals surface area contributed by atoms with Gasteiger partial charge in [-0.15, -0.1) is 0 Å². The number of carbonyl (C=O) groups is 3. The van der Waals surface area contributed by atoms with Crippen LogP contribution in [-0.4, -0.2) is 81.4 Å². The number of anilines is 1. The van der Waals surface area contributed by atoms with E-state index in [1.165, 1.54) is 4.90 Å². The molecule has 2 aromatic rings. The number of nitrogens with one attached hydrogen (secondary N) is 2. The minimum atomic E-state index is -0.552. The molecule has 2 radical (unpaired) electrons. The van der Waals surface area contributed by atoms with Gasteiger partial charge in [-0.25, -0.2) is 9.59 Å². The number of ether oxygens (including phenoxy) is 4. The molecule has 2 heterocycles. The van der Waals surface area contributed by atoms with Gasteiger partial charge in [0.2, 0.25) is 0 Å². The fourth-order valence-corrected chi connectivity index (χ4v) is 3.78. The second-order valence-electron chi connectivity index (χ2n) is 10.1. The summed E-state index contributed by atoms with van der Waals surface area (Å²) in [5, 5.41) is 2.84. The molecule has 1 aliphatic heterocycles. The van der Waals surface area contributed by atoms with Gasteiger partial charge in [0.1, 0.15) is 17.5 Å². The van der Waals surface area contributed by atoms with Crippen LogP contribution in [0.4, 0.5) is 10.5 Å². The van der Waals surface area contributed by atoms with E-state index in [2.05, 4.69) is 10.3 Å². The number of carbonyl (C=O) groups excluding carboxylic acids is 3. The Balaban J connectivity index is 0.00000533. The zero-order chi connectivity index (χ0) is 28.0. The van der Waals surface area contributed by atoms with Gasteiger partial charge in [-0.3, -0.25) is 4.79 Å². The second-order valence-corrected chi connectivity index (χ2v) is 10.1. The lowest BCUT2D eigenvalue weighted by Crippen LogP contribution is -2.36. The summed E-state index contributed by atoms with van der Waals surface area (Å²) in [6, 6.07) is 7.03. The van der Waals surface area contributed by atoms with Gasteiger partial charge in [-0.1, -0.05) is 0 Å². The number of benzene rings is 1. The van der Waals surface area contributed by atoms with E-state index < -0.39 is 17.7 Å². The molecule has 210 valence electrons. The highest BCUT2D eigenvalue weighted by atomic mass is 16.6. The Hall–Kier alpha value is -3.73. The monoisotopic (exact) mass is 539 g/mol. The maximum absolute atomic E-state index is 12.7. The maximum atomic E-state index is 12.7. The molecule has 11 heteroatoms. The Morgan fingerprint density at radius 1 is 1.18 bits per heavy atom. The summed E-state index contributed by atoms with van der Waals surface area (Å²) in [6.07, 6.45) is 0.969. The van der Waals surface area contributed by atoms with E-state index in [1.54, 1.807) is 44.3 Å². The number of esters is 1. The fourth-order valence-electron chi connectivity index (χ4n) is 3.78. The number of aromatic nitrogens is 1. The van der Waals surface area contributed by atoms with E-state index in [1.807, 2.05) is 34.6 Å². The molecule has 0 fully saturated rings. The minimum Gasteiger partial charge on any atom is -0.488 e. The van der Waals surface area contributed by atoms with Crippen molar-refractivity contribution in [2.24, 2.45) is 0 Å². The molecule has 10 nitrogen and oxygen atoms in total. The molecule has 0 unspecified atom stereocenters. The first kappa shape index (κ1) is 31.5. The number of hydrogen-bond donors (Lipinski definition) is 2. The number of likely N-dealkylation sites (N-methyl/N-ethyl adjacent to an activating group) is 1. The summed E-state index contributed by atoms with van der Waals surface area (Å²) in [5.41, 5.74) is 2.83. The van der Waals surface area contributed by atoms with Gasteiger partial charge in [0.25, 0.3) is 5.91 Å². The fraction of sp³-hybridized carbons (Fsp3) is 0.464.